The molecule has 1 atom stereocenters. The van der Waals surface area contributed by atoms with E-state index in [4.69, 9.17) is 9.47 Å². The molecule has 5 rings (SSSR count). The van der Waals surface area contributed by atoms with E-state index in [1.54, 1.807) is 25.3 Å². The molecule has 2 saturated carbocycles. The van der Waals surface area contributed by atoms with Crippen LogP contribution in [-0.2, 0) is 19.1 Å². The van der Waals surface area contributed by atoms with Crippen LogP contribution < -0.4 is 15.4 Å². The molecule has 1 aromatic heterocycles. The van der Waals surface area contributed by atoms with E-state index in [1.807, 2.05) is 0 Å². The fraction of sp³-hybridized carbons (Fsp3) is 0.625. The van der Waals surface area contributed by atoms with Crippen molar-refractivity contribution in [2.24, 2.45) is 5.92 Å². The summed E-state index contributed by atoms with van der Waals surface area (Å²) >= 11 is 0. The van der Waals surface area contributed by atoms with Crippen molar-refractivity contribution in [2.45, 2.75) is 95.2 Å². The summed E-state index contributed by atoms with van der Waals surface area (Å²) in [7, 11) is 1.56. The van der Waals surface area contributed by atoms with Crippen molar-refractivity contribution in [3.05, 3.63) is 30.0 Å². The molecular formula is C32H44N4O6. The van der Waals surface area contributed by atoms with Crippen molar-refractivity contribution in [3.63, 3.8) is 0 Å². The van der Waals surface area contributed by atoms with Gasteiger partial charge in [0.2, 0.25) is 11.8 Å². The Labute approximate surface area is 247 Å². The molecule has 0 radical (unpaired) electrons. The van der Waals surface area contributed by atoms with Gasteiger partial charge in [0.1, 0.15) is 18.3 Å². The normalized spacial score (nSPS) is 19.6. The molecule has 0 spiro atoms. The molecular weight excluding hydrogens is 536 g/mol. The van der Waals surface area contributed by atoms with Crippen molar-refractivity contribution in [3.8, 4) is 5.75 Å². The van der Waals surface area contributed by atoms with E-state index in [0.29, 0.717) is 42.7 Å². The standard InChI is InChI=1S/C32H44N4O6/c1-41-24-12-13-25-26(19-33-27(25)18-24)30(38)32(40)36(20-28(37)34-23-14-16-42-17-15-23)29(21-8-4-2-5-9-21)31(39)35-22-10-6-3-7-11-22/h12-13,18-19,21-23,29,33H,2-11,14-17,20H2,1H3,(H,34,37)(H,35,39)/t29-/m1/s1. The highest BCUT2D eigenvalue weighted by Gasteiger charge is 2.41. The third-order valence-electron chi connectivity index (χ3n) is 9.14. The maximum atomic E-state index is 14.2. The summed E-state index contributed by atoms with van der Waals surface area (Å²) in [4.78, 5) is 59.8. The van der Waals surface area contributed by atoms with Crippen LogP contribution in [0.3, 0.4) is 0 Å². The second-order valence-corrected chi connectivity index (χ2v) is 12.0. The number of Topliss-reactive ketones (excluding diaryl/α,β-unsaturated/α-hetero) is 1. The van der Waals surface area contributed by atoms with E-state index in [-0.39, 0.29) is 41.9 Å². The van der Waals surface area contributed by atoms with Crippen molar-refractivity contribution >= 4 is 34.4 Å². The number of fused-ring (bicyclic) bond motifs is 1. The number of ether oxygens (including phenoxy) is 2. The summed E-state index contributed by atoms with van der Waals surface area (Å²) in [5.41, 5.74) is 0.871. The molecule has 42 heavy (non-hydrogen) atoms. The summed E-state index contributed by atoms with van der Waals surface area (Å²) in [5.74, 6) is -1.68. The molecule has 0 unspecified atom stereocenters. The maximum absolute atomic E-state index is 14.2. The van der Waals surface area contributed by atoms with Crippen molar-refractivity contribution in [2.75, 3.05) is 26.9 Å². The summed E-state index contributed by atoms with van der Waals surface area (Å²) in [6.07, 6.45) is 12.5. The SMILES string of the molecule is COc1ccc2c(C(=O)C(=O)N(CC(=O)NC3CCOCC3)[C@@H](C(=O)NC3CCCCC3)C3CCCCC3)c[nH]c2c1. The quantitative estimate of drug-likeness (QED) is 0.289. The summed E-state index contributed by atoms with van der Waals surface area (Å²) in [6.45, 7) is 0.773. The second-order valence-electron chi connectivity index (χ2n) is 12.0. The summed E-state index contributed by atoms with van der Waals surface area (Å²) < 4.78 is 10.7. The van der Waals surface area contributed by atoms with Gasteiger partial charge >= 0.3 is 0 Å². The van der Waals surface area contributed by atoms with Gasteiger partial charge in [-0.3, -0.25) is 19.2 Å². The number of nitrogens with zero attached hydrogens (tertiary/aromatic N) is 1. The van der Waals surface area contributed by atoms with Gasteiger partial charge in [0.05, 0.1) is 12.7 Å². The highest BCUT2D eigenvalue weighted by atomic mass is 16.5. The average Bonchev–Trinajstić information content (AvgIpc) is 3.45. The number of rotatable bonds is 10. The van der Waals surface area contributed by atoms with Crippen LogP contribution in [0.2, 0.25) is 0 Å². The Kier molecular flexibility index (Phi) is 10.2. The molecule has 1 saturated heterocycles. The van der Waals surface area contributed by atoms with Gasteiger partial charge in [-0.05, 0) is 56.6 Å². The number of hydrogen-bond acceptors (Lipinski definition) is 6. The lowest BCUT2D eigenvalue weighted by Gasteiger charge is -2.38. The number of ketones is 1. The Hall–Kier alpha value is -3.40. The number of H-pyrrole nitrogens is 1. The van der Waals surface area contributed by atoms with E-state index in [2.05, 4.69) is 15.6 Å². The Balaban J connectivity index is 1.45. The first-order chi connectivity index (χ1) is 20.4. The largest absolute Gasteiger partial charge is 0.497 e. The van der Waals surface area contributed by atoms with E-state index in [9.17, 15) is 19.2 Å². The average molecular weight is 581 g/mol. The predicted molar refractivity (Wildman–Crippen MR) is 158 cm³/mol. The van der Waals surface area contributed by atoms with Crippen molar-refractivity contribution in [1.29, 1.82) is 0 Å². The van der Waals surface area contributed by atoms with E-state index < -0.39 is 17.7 Å². The fourth-order valence-electron chi connectivity index (χ4n) is 6.83. The molecule has 3 N–H and O–H groups in total. The van der Waals surface area contributed by atoms with Crippen LogP contribution >= 0.6 is 0 Å². The van der Waals surface area contributed by atoms with Crippen LogP contribution in [0.5, 0.6) is 5.75 Å². The molecule has 3 amide bonds. The van der Waals surface area contributed by atoms with Crippen LogP contribution in [0, 0.1) is 5.92 Å². The number of hydrogen-bond donors (Lipinski definition) is 3. The van der Waals surface area contributed by atoms with Crippen molar-refractivity contribution < 1.29 is 28.7 Å². The first-order valence-electron chi connectivity index (χ1n) is 15.6. The van der Waals surface area contributed by atoms with E-state index in [0.717, 1.165) is 64.2 Å². The number of aromatic amines is 1. The Morgan fingerprint density at radius 1 is 0.929 bits per heavy atom. The molecule has 1 aromatic carbocycles. The smallest absolute Gasteiger partial charge is 0.296 e. The molecule has 3 fully saturated rings. The van der Waals surface area contributed by atoms with Crippen molar-refractivity contribution in [1.82, 2.24) is 20.5 Å². The number of amides is 3. The zero-order valence-corrected chi connectivity index (χ0v) is 24.6. The molecule has 10 nitrogen and oxygen atoms in total. The molecule has 2 aliphatic carbocycles. The zero-order chi connectivity index (χ0) is 29.5. The van der Waals surface area contributed by atoms with Gasteiger partial charge in [-0.1, -0.05) is 38.5 Å². The maximum Gasteiger partial charge on any atom is 0.296 e. The van der Waals surface area contributed by atoms with E-state index >= 15 is 0 Å². The van der Waals surface area contributed by atoms with Gasteiger partial charge in [-0.15, -0.1) is 0 Å². The summed E-state index contributed by atoms with van der Waals surface area (Å²) in [5, 5.41) is 6.82. The molecule has 2 heterocycles. The molecule has 3 aliphatic rings. The van der Waals surface area contributed by atoms with E-state index in [1.165, 1.54) is 11.1 Å². The first kappa shape index (κ1) is 30.1. The molecule has 0 bridgehead atoms. The highest BCUT2D eigenvalue weighted by molar-refractivity contribution is 6.45. The Morgan fingerprint density at radius 3 is 2.29 bits per heavy atom. The number of methoxy groups -OCH3 is 1. The summed E-state index contributed by atoms with van der Waals surface area (Å²) in [6, 6.07) is 4.32. The Bertz CT molecular complexity index is 1260. The van der Waals surface area contributed by atoms with Gasteiger partial charge in [-0.25, -0.2) is 0 Å². The van der Waals surface area contributed by atoms with Crippen LogP contribution in [-0.4, -0.2) is 78.4 Å². The third kappa shape index (κ3) is 7.14. The minimum atomic E-state index is -0.894. The number of carbonyl (C=O) groups excluding carboxylic acids is 4. The lowest BCUT2D eigenvalue weighted by Crippen LogP contribution is -2.59. The topological polar surface area (TPSA) is 130 Å². The third-order valence-corrected chi connectivity index (χ3v) is 9.14. The van der Waals surface area contributed by atoms with Crippen LogP contribution in [0.1, 0.15) is 87.4 Å². The minimum Gasteiger partial charge on any atom is -0.497 e. The molecule has 10 heteroatoms. The number of nitrogens with one attached hydrogen (secondary N) is 3. The highest BCUT2D eigenvalue weighted by Crippen LogP contribution is 2.31. The van der Waals surface area contributed by atoms with Crippen LogP contribution in [0.25, 0.3) is 10.9 Å². The predicted octanol–water partition coefficient (Wildman–Crippen LogP) is 3.88. The van der Waals surface area contributed by atoms with Gasteiger partial charge < -0.3 is 30.0 Å². The fourth-order valence-corrected chi connectivity index (χ4v) is 6.83. The van der Waals surface area contributed by atoms with Gasteiger partial charge in [0, 0.05) is 48.5 Å². The number of carbonyl (C=O) groups is 4. The molecule has 228 valence electrons. The first-order valence-corrected chi connectivity index (χ1v) is 15.6. The number of aromatic nitrogens is 1. The zero-order valence-electron chi connectivity index (χ0n) is 24.6. The van der Waals surface area contributed by atoms with Gasteiger partial charge in [0.25, 0.3) is 11.7 Å². The van der Waals surface area contributed by atoms with Crippen LogP contribution in [0.4, 0.5) is 0 Å². The monoisotopic (exact) mass is 580 g/mol. The minimum absolute atomic E-state index is 0.0460. The molecule has 1 aliphatic heterocycles. The molecule has 2 aromatic rings. The Morgan fingerprint density at radius 2 is 1.60 bits per heavy atom. The second kappa shape index (κ2) is 14.2. The van der Waals surface area contributed by atoms with Gasteiger partial charge in [-0.2, -0.15) is 0 Å². The van der Waals surface area contributed by atoms with Gasteiger partial charge in [0.15, 0.2) is 0 Å². The van der Waals surface area contributed by atoms with Crippen LogP contribution in [0.15, 0.2) is 24.4 Å². The lowest BCUT2D eigenvalue weighted by atomic mass is 9.82. The number of benzene rings is 1. The lowest BCUT2D eigenvalue weighted by molar-refractivity contribution is -0.143.